The molecule has 0 aliphatic heterocycles. The molecule has 0 saturated carbocycles. The maximum atomic E-state index is 6.17. The number of benzene rings is 2. The predicted molar refractivity (Wildman–Crippen MR) is 124 cm³/mol. The first-order chi connectivity index (χ1) is 15.8. The first kappa shape index (κ1) is 18.6. The molecule has 0 spiro atoms. The second-order valence-electron chi connectivity index (χ2n) is 7.83. The predicted octanol–water partition coefficient (Wildman–Crippen LogP) is 5.62. The molecule has 3 aromatic heterocycles. The summed E-state index contributed by atoms with van der Waals surface area (Å²) < 4.78 is 11.9. The Hall–Kier alpha value is -4.13. The molecule has 0 amide bonds. The van der Waals surface area contributed by atoms with E-state index < -0.39 is 0 Å². The van der Waals surface area contributed by atoms with Gasteiger partial charge in [-0.25, -0.2) is 4.98 Å². The van der Waals surface area contributed by atoms with E-state index in [4.69, 9.17) is 14.1 Å². The number of para-hydroxylation sites is 1. The number of hydrogen-bond acceptors (Lipinski definition) is 6. The largest absolute Gasteiger partial charge is 0.480 e. The van der Waals surface area contributed by atoms with Crippen molar-refractivity contribution in [3.63, 3.8) is 0 Å². The first-order valence-electron chi connectivity index (χ1n) is 10.6. The van der Waals surface area contributed by atoms with Gasteiger partial charge >= 0.3 is 0 Å². The summed E-state index contributed by atoms with van der Waals surface area (Å²) in [6.07, 6.45) is 6.77. The Morgan fingerprint density at radius 1 is 1.06 bits per heavy atom. The number of ether oxygens (including phenoxy) is 1. The Labute approximate surface area is 184 Å². The van der Waals surface area contributed by atoms with Crippen LogP contribution in [0, 0.1) is 0 Å². The van der Waals surface area contributed by atoms with Gasteiger partial charge in [-0.15, -0.1) is 0 Å². The molecule has 7 nitrogen and oxygen atoms in total. The number of allylic oxidation sites excluding steroid dienone is 1. The molecule has 0 fully saturated rings. The van der Waals surface area contributed by atoms with Crippen molar-refractivity contribution < 1.29 is 9.15 Å². The molecule has 2 N–H and O–H groups in total. The summed E-state index contributed by atoms with van der Waals surface area (Å²) in [5.74, 6) is 1.85. The monoisotopic (exact) mass is 423 g/mol. The number of furan rings is 1. The third-order valence-corrected chi connectivity index (χ3v) is 5.77. The van der Waals surface area contributed by atoms with Crippen molar-refractivity contribution in [2.45, 2.75) is 19.3 Å². The quantitative estimate of drug-likeness (QED) is 0.390. The minimum atomic E-state index is 0.509. The average Bonchev–Trinajstić information content (AvgIpc) is 3.40. The molecule has 32 heavy (non-hydrogen) atoms. The minimum Gasteiger partial charge on any atom is -0.480 e. The Morgan fingerprint density at radius 2 is 2.00 bits per heavy atom. The van der Waals surface area contributed by atoms with E-state index in [1.807, 2.05) is 36.4 Å². The fraction of sp³-hybridized carbons (Fsp3) is 0.160. The van der Waals surface area contributed by atoms with Crippen LogP contribution in [0.2, 0.25) is 0 Å². The van der Waals surface area contributed by atoms with E-state index in [1.165, 1.54) is 0 Å². The van der Waals surface area contributed by atoms with Crippen molar-refractivity contribution >= 4 is 39.1 Å². The summed E-state index contributed by atoms with van der Waals surface area (Å²) in [5.41, 5.74) is 5.57. The molecule has 2 aromatic carbocycles. The topological polar surface area (TPSA) is 88.9 Å². The van der Waals surface area contributed by atoms with Gasteiger partial charge in [0.15, 0.2) is 0 Å². The minimum absolute atomic E-state index is 0.509. The number of aromatic amines is 1. The van der Waals surface area contributed by atoms with Crippen LogP contribution in [0.4, 0.5) is 11.6 Å². The van der Waals surface area contributed by atoms with E-state index in [0.717, 1.165) is 69.4 Å². The van der Waals surface area contributed by atoms with Crippen LogP contribution in [0.15, 0.2) is 65.2 Å². The van der Waals surface area contributed by atoms with Crippen molar-refractivity contribution in [2.75, 3.05) is 12.4 Å². The highest BCUT2D eigenvalue weighted by molar-refractivity contribution is 5.88. The zero-order chi connectivity index (χ0) is 21.5. The molecular formula is C25H21N5O2. The molecule has 6 rings (SSSR count). The molecular weight excluding hydrogens is 402 g/mol. The van der Waals surface area contributed by atoms with Crippen LogP contribution in [0.25, 0.3) is 27.4 Å². The van der Waals surface area contributed by atoms with E-state index in [1.54, 1.807) is 13.3 Å². The number of hydrogen-bond donors (Lipinski definition) is 2. The lowest BCUT2D eigenvalue weighted by molar-refractivity contribution is 0.395. The molecule has 1 aliphatic rings. The van der Waals surface area contributed by atoms with Crippen molar-refractivity contribution in [2.24, 2.45) is 0 Å². The second kappa shape index (κ2) is 7.53. The Balaban J connectivity index is 1.43. The number of anilines is 2. The lowest BCUT2D eigenvalue weighted by atomic mass is 10.0. The second-order valence-corrected chi connectivity index (χ2v) is 7.83. The van der Waals surface area contributed by atoms with Crippen molar-refractivity contribution in [3.05, 3.63) is 77.8 Å². The number of fused-ring (bicyclic) bond motifs is 3. The standard InChI is InChI=1S/C25H21N5O2/c1-31-24-23-18(22-13-15-6-2-5-9-21(15)32-22)7-3-4-8-20(23)28-25(29-24)27-17-10-11-19-16(12-17)14-26-30-19/h2,5-7,9-14H,3-4,8H2,1H3,(H,26,30)(H,27,28,29). The van der Waals surface area contributed by atoms with E-state index in [9.17, 15) is 0 Å². The smallest absolute Gasteiger partial charge is 0.230 e. The van der Waals surface area contributed by atoms with Crippen LogP contribution in [0.1, 0.15) is 29.9 Å². The summed E-state index contributed by atoms with van der Waals surface area (Å²) in [6, 6.07) is 16.1. The molecule has 3 heterocycles. The van der Waals surface area contributed by atoms with Crippen LogP contribution < -0.4 is 10.1 Å². The van der Waals surface area contributed by atoms with Crippen LogP contribution >= 0.6 is 0 Å². The normalized spacial score (nSPS) is 13.6. The number of nitrogens with one attached hydrogen (secondary N) is 2. The Morgan fingerprint density at radius 3 is 2.91 bits per heavy atom. The van der Waals surface area contributed by atoms with E-state index in [0.29, 0.717) is 11.8 Å². The molecule has 0 bridgehead atoms. The number of methoxy groups -OCH3 is 1. The summed E-state index contributed by atoms with van der Waals surface area (Å²) in [4.78, 5) is 9.55. The third-order valence-electron chi connectivity index (χ3n) is 5.77. The van der Waals surface area contributed by atoms with Gasteiger partial charge in [-0.05, 0) is 49.6 Å². The molecule has 0 atom stereocenters. The fourth-order valence-corrected chi connectivity index (χ4v) is 4.25. The van der Waals surface area contributed by atoms with Crippen molar-refractivity contribution in [3.8, 4) is 5.88 Å². The number of rotatable bonds is 4. The van der Waals surface area contributed by atoms with Gasteiger partial charge in [0.2, 0.25) is 11.8 Å². The molecule has 0 radical (unpaired) electrons. The van der Waals surface area contributed by atoms with E-state index in [-0.39, 0.29) is 0 Å². The molecule has 5 aromatic rings. The van der Waals surface area contributed by atoms with Crippen LogP contribution in [0.5, 0.6) is 5.88 Å². The fourth-order valence-electron chi connectivity index (χ4n) is 4.25. The van der Waals surface area contributed by atoms with Gasteiger partial charge in [0, 0.05) is 22.0 Å². The number of aromatic nitrogens is 4. The van der Waals surface area contributed by atoms with Gasteiger partial charge in [-0.3, -0.25) is 5.10 Å². The lowest BCUT2D eigenvalue weighted by Gasteiger charge is -2.15. The maximum absolute atomic E-state index is 6.17. The van der Waals surface area contributed by atoms with E-state index in [2.05, 4.69) is 38.7 Å². The number of nitrogens with zero attached hydrogens (tertiary/aromatic N) is 3. The van der Waals surface area contributed by atoms with Gasteiger partial charge in [-0.2, -0.15) is 10.1 Å². The van der Waals surface area contributed by atoms with Gasteiger partial charge in [0.1, 0.15) is 11.3 Å². The SMILES string of the molecule is COc1nc(Nc2ccc3[nH]ncc3c2)nc2c1C(c1cc3ccccc3o1)=CCCC2. The summed E-state index contributed by atoms with van der Waals surface area (Å²) in [5, 5.41) is 12.5. The third kappa shape index (κ3) is 3.19. The van der Waals surface area contributed by atoms with Gasteiger partial charge in [-0.1, -0.05) is 24.3 Å². The van der Waals surface area contributed by atoms with Crippen LogP contribution in [0.3, 0.4) is 0 Å². The molecule has 0 saturated heterocycles. The average molecular weight is 423 g/mol. The highest BCUT2D eigenvalue weighted by Crippen LogP contribution is 2.38. The van der Waals surface area contributed by atoms with Gasteiger partial charge < -0.3 is 14.5 Å². The number of aryl methyl sites for hydroxylation is 1. The summed E-state index contributed by atoms with van der Waals surface area (Å²) in [6.45, 7) is 0. The zero-order valence-corrected chi connectivity index (χ0v) is 17.6. The summed E-state index contributed by atoms with van der Waals surface area (Å²) in [7, 11) is 1.64. The van der Waals surface area contributed by atoms with Gasteiger partial charge in [0.25, 0.3) is 0 Å². The van der Waals surface area contributed by atoms with E-state index >= 15 is 0 Å². The molecule has 1 aliphatic carbocycles. The van der Waals surface area contributed by atoms with Crippen molar-refractivity contribution in [1.82, 2.24) is 20.2 Å². The molecule has 7 heteroatoms. The lowest BCUT2D eigenvalue weighted by Crippen LogP contribution is -2.07. The zero-order valence-electron chi connectivity index (χ0n) is 17.6. The summed E-state index contributed by atoms with van der Waals surface area (Å²) >= 11 is 0. The highest BCUT2D eigenvalue weighted by atomic mass is 16.5. The Bertz CT molecular complexity index is 1450. The Kier molecular flexibility index (Phi) is 4.38. The molecule has 158 valence electrons. The maximum Gasteiger partial charge on any atom is 0.230 e. The highest BCUT2D eigenvalue weighted by Gasteiger charge is 2.24. The van der Waals surface area contributed by atoms with Crippen LogP contribution in [-0.2, 0) is 6.42 Å². The number of H-pyrrole nitrogens is 1. The van der Waals surface area contributed by atoms with Crippen LogP contribution in [-0.4, -0.2) is 27.3 Å². The molecule has 0 unspecified atom stereocenters. The first-order valence-corrected chi connectivity index (χ1v) is 10.6. The van der Waals surface area contributed by atoms with Crippen molar-refractivity contribution in [1.29, 1.82) is 0 Å². The van der Waals surface area contributed by atoms with Gasteiger partial charge in [0.05, 0.1) is 30.1 Å².